The van der Waals surface area contributed by atoms with Gasteiger partial charge in [-0.1, -0.05) is 27.5 Å². The minimum atomic E-state index is -0.870. The zero-order chi connectivity index (χ0) is 29.1. The monoisotopic (exact) mass is 707 g/mol. The van der Waals surface area contributed by atoms with E-state index in [1.54, 1.807) is 0 Å². The van der Waals surface area contributed by atoms with E-state index in [9.17, 15) is 14.4 Å². The molecule has 220 valence electrons. The van der Waals surface area contributed by atoms with E-state index in [0.717, 1.165) is 71.3 Å². The fourth-order valence-corrected chi connectivity index (χ4v) is 8.32. The van der Waals surface area contributed by atoms with Crippen LogP contribution in [0.5, 0.6) is 0 Å². The molecule has 2 aromatic rings. The van der Waals surface area contributed by atoms with Crippen molar-refractivity contribution in [3.63, 3.8) is 0 Å². The zero-order valence-corrected chi connectivity index (χ0v) is 27.0. The van der Waals surface area contributed by atoms with Crippen molar-refractivity contribution in [3.05, 3.63) is 60.7 Å². The predicted molar refractivity (Wildman–Crippen MR) is 165 cm³/mol. The topological polar surface area (TPSA) is 90.8 Å². The van der Waals surface area contributed by atoms with Gasteiger partial charge in [0.05, 0.1) is 5.69 Å². The highest BCUT2D eigenvalue weighted by Crippen LogP contribution is 2.46. The van der Waals surface area contributed by atoms with Gasteiger partial charge in [-0.2, -0.15) is 0 Å². The molecule has 0 saturated carbocycles. The van der Waals surface area contributed by atoms with E-state index in [0.29, 0.717) is 31.8 Å². The average molecular weight is 710 g/mol. The number of aromatic nitrogens is 1. The van der Waals surface area contributed by atoms with E-state index < -0.39 is 5.97 Å². The van der Waals surface area contributed by atoms with E-state index in [-0.39, 0.29) is 36.5 Å². The number of carboxylic acids is 1. The summed E-state index contributed by atoms with van der Waals surface area (Å²) in [5.74, 6) is 0.174. The quantitative estimate of drug-likeness (QED) is 0.350. The Morgan fingerprint density at radius 3 is 2.27 bits per heavy atom. The number of benzene rings is 1. The number of piperidine rings is 2. The number of carbonyl (C=O) groups is 3. The predicted octanol–water partition coefficient (Wildman–Crippen LogP) is 6.61. The van der Waals surface area contributed by atoms with Gasteiger partial charge in [-0.15, -0.1) is 0 Å². The van der Waals surface area contributed by atoms with Crippen molar-refractivity contribution in [2.24, 2.45) is 11.8 Å². The summed E-state index contributed by atoms with van der Waals surface area (Å²) in [7, 11) is 0. The molecule has 2 amide bonds. The number of aliphatic carboxylic acids is 1. The molecule has 0 spiro atoms. The number of fused-ring (bicyclic) bond motifs is 2. The molecule has 3 aliphatic rings. The Kier molecular flexibility index (Phi) is 10.1. The summed E-state index contributed by atoms with van der Waals surface area (Å²) in [4.78, 5) is 45.2. The molecule has 0 radical (unpaired) electrons. The lowest BCUT2D eigenvalue weighted by atomic mass is 9.76. The third kappa shape index (κ3) is 7.34. The Morgan fingerprint density at radius 2 is 1.56 bits per heavy atom. The molecule has 7 nitrogen and oxygen atoms in total. The molecule has 1 atom stereocenters. The molecule has 1 aromatic heterocycles. The lowest BCUT2D eigenvalue weighted by molar-refractivity contribution is -0.137. The number of hydrogen-bond acceptors (Lipinski definition) is 4. The molecule has 0 bridgehead atoms. The first-order valence-corrected chi connectivity index (χ1v) is 16.6. The Labute approximate surface area is 263 Å². The fraction of sp³-hybridized carbons (Fsp3) is 0.548. The van der Waals surface area contributed by atoms with Gasteiger partial charge in [0.2, 0.25) is 11.8 Å². The van der Waals surface area contributed by atoms with Crippen LogP contribution >= 0.6 is 43.5 Å². The second-order valence-corrected chi connectivity index (χ2v) is 13.8. The van der Waals surface area contributed by atoms with Crippen molar-refractivity contribution >= 4 is 61.2 Å². The van der Waals surface area contributed by atoms with Crippen LogP contribution in [0.1, 0.15) is 79.7 Å². The standard InChI is InChI=1S/C31H36Br2ClN3O4/c32-23-15-22-5-4-21-16-24(34)17-25(33)29(21)30(31(22)35-18-23)20-8-12-37(13-9-20)27(39)14-19-6-10-36(11-7-19)26(38)2-1-3-28(40)41/h15-20,30H,1-14H2,(H,40,41)/t30-/m1/s1. The first kappa shape index (κ1) is 30.5. The Bertz CT molecular complexity index is 1310. The highest BCUT2D eigenvalue weighted by atomic mass is 79.9. The number of nitrogens with zero attached hydrogens (tertiary/aromatic N) is 3. The molecule has 2 aliphatic heterocycles. The van der Waals surface area contributed by atoms with Crippen LogP contribution in [-0.4, -0.2) is 63.9 Å². The van der Waals surface area contributed by atoms with Gasteiger partial charge in [-0.05, 0) is 108 Å². The van der Waals surface area contributed by atoms with Crippen LogP contribution < -0.4 is 0 Å². The Morgan fingerprint density at radius 1 is 0.902 bits per heavy atom. The second kappa shape index (κ2) is 13.6. The van der Waals surface area contributed by atoms with Gasteiger partial charge in [0.25, 0.3) is 0 Å². The fourth-order valence-electron chi connectivity index (χ4n) is 6.82. The molecule has 1 aliphatic carbocycles. The first-order valence-electron chi connectivity index (χ1n) is 14.6. The number of pyridine rings is 1. The molecule has 3 heterocycles. The highest BCUT2D eigenvalue weighted by Gasteiger charge is 2.37. The van der Waals surface area contributed by atoms with Crippen molar-refractivity contribution in [1.29, 1.82) is 0 Å². The maximum absolute atomic E-state index is 13.3. The van der Waals surface area contributed by atoms with Gasteiger partial charge >= 0.3 is 5.97 Å². The minimum Gasteiger partial charge on any atom is -0.481 e. The number of hydrogen-bond donors (Lipinski definition) is 1. The third-order valence-electron chi connectivity index (χ3n) is 8.99. The largest absolute Gasteiger partial charge is 0.481 e. The van der Waals surface area contributed by atoms with Crippen molar-refractivity contribution in [3.8, 4) is 0 Å². The number of rotatable bonds is 7. The number of amides is 2. The summed E-state index contributed by atoms with van der Waals surface area (Å²) in [6.45, 7) is 2.78. The molecular weight excluding hydrogens is 674 g/mol. The summed E-state index contributed by atoms with van der Waals surface area (Å²) >= 11 is 13.9. The van der Waals surface area contributed by atoms with Crippen molar-refractivity contribution < 1.29 is 19.5 Å². The van der Waals surface area contributed by atoms with E-state index >= 15 is 0 Å². The molecule has 1 aromatic carbocycles. The van der Waals surface area contributed by atoms with E-state index in [4.69, 9.17) is 21.7 Å². The molecule has 10 heteroatoms. The summed E-state index contributed by atoms with van der Waals surface area (Å²) in [5.41, 5.74) is 4.98. The van der Waals surface area contributed by atoms with Crippen molar-refractivity contribution in [2.45, 2.75) is 70.1 Å². The summed E-state index contributed by atoms with van der Waals surface area (Å²) in [6.07, 6.45) is 8.41. The molecule has 2 saturated heterocycles. The maximum Gasteiger partial charge on any atom is 0.303 e. The van der Waals surface area contributed by atoms with Gasteiger partial charge in [0, 0.05) is 71.5 Å². The Balaban J connectivity index is 1.19. The van der Waals surface area contributed by atoms with Crippen LogP contribution in [0.2, 0.25) is 5.02 Å². The lowest BCUT2D eigenvalue weighted by Gasteiger charge is -2.38. The minimum absolute atomic E-state index is 0.0209. The van der Waals surface area contributed by atoms with Crippen LogP contribution in [0.25, 0.3) is 0 Å². The Hall–Kier alpha value is -1.97. The van der Waals surface area contributed by atoms with Crippen molar-refractivity contribution in [2.75, 3.05) is 26.2 Å². The lowest BCUT2D eigenvalue weighted by Crippen LogP contribution is -2.43. The van der Waals surface area contributed by atoms with Gasteiger partial charge in [-0.25, -0.2) is 0 Å². The molecule has 0 unspecified atom stereocenters. The molecule has 41 heavy (non-hydrogen) atoms. The van der Waals surface area contributed by atoms with Crippen LogP contribution in [0.3, 0.4) is 0 Å². The number of likely N-dealkylation sites (tertiary alicyclic amines) is 2. The molecule has 1 N–H and O–H groups in total. The summed E-state index contributed by atoms with van der Waals surface area (Å²) < 4.78 is 2.03. The van der Waals surface area contributed by atoms with Crippen LogP contribution in [0.15, 0.2) is 33.3 Å². The molecule has 2 fully saturated rings. The zero-order valence-electron chi connectivity index (χ0n) is 23.1. The van der Waals surface area contributed by atoms with Crippen LogP contribution in [0.4, 0.5) is 0 Å². The van der Waals surface area contributed by atoms with Crippen LogP contribution in [-0.2, 0) is 27.2 Å². The van der Waals surface area contributed by atoms with Gasteiger partial charge in [0.15, 0.2) is 0 Å². The third-order valence-corrected chi connectivity index (χ3v) is 10.3. The van der Waals surface area contributed by atoms with E-state index in [2.05, 4.69) is 44.0 Å². The smallest absolute Gasteiger partial charge is 0.303 e. The average Bonchev–Trinajstić information content (AvgIpc) is 3.10. The SMILES string of the molecule is O=C(O)CCCC(=O)N1CCC(CC(=O)N2CCC([C@H]3c4ncc(Br)cc4CCc4cc(Cl)cc(Br)c43)CC2)CC1. The number of carbonyl (C=O) groups excluding carboxylic acids is 2. The van der Waals surface area contributed by atoms with Gasteiger partial charge in [0.1, 0.15) is 0 Å². The summed E-state index contributed by atoms with van der Waals surface area (Å²) in [6, 6.07) is 6.29. The van der Waals surface area contributed by atoms with E-state index in [1.807, 2.05) is 22.1 Å². The van der Waals surface area contributed by atoms with Gasteiger partial charge in [-0.3, -0.25) is 19.4 Å². The number of halogens is 3. The van der Waals surface area contributed by atoms with Gasteiger partial charge < -0.3 is 14.9 Å². The normalized spacial score (nSPS) is 19.8. The van der Waals surface area contributed by atoms with Crippen molar-refractivity contribution in [1.82, 2.24) is 14.8 Å². The first-order chi connectivity index (χ1) is 19.7. The number of carboxylic acid groups (broad SMARTS) is 1. The molecular formula is C31H36Br2ClN3O4. The summed E-state index contributed by atoms with van der Waals surface area (Å²) in [5, 5.41) is 9.53. The molecule has 5 rings (SSSR count). The maximum atomic E-state index is 13.3. The number of aryl methyl sites for hydroxylation is 2. The highest BCUT2D eigenvalue weighted by molar-refractivity contribution is 9.10. The van der Waals surface area contributed by atoms with Crippen LogP contribution in [0, 0.1) is 11.8 Å². The second-order valence-electron chi connectivity index (χ2n) is 11.6. The van der Waals surface area contributed by atoms with E-state index in [1.165, 1.54) is 16.7 Å².